The first kappa shape index (κ1) is 31.6. The molecule has 3 N–H and O–H groups in total. The molecule has 0 radical (unpaired) electrons. The van der Waals surface area contributed by atoms with Crippen LogP contribution >= 0.6 is 11.3 Å². The number of hydrogen-bond donors (Lipinski definition) is 3. The van der Waals surface area contributed by atoms with Crippen molar-refractivity contribution in [3.8, 4) is 10.4 Å². The van der Waals surface area contributed by atoms with Gasteiger partial charge in [0.2, 0.25) is 11.8 Å². The summed E-state index contributed by atoms with van der Waals surface area (Å²) >= 11 is 1.55. The minimum Gasteiger partial charge on any atom is -0.388 e. The molecular weight excluding hydrogens is 557 g/mol. The molecular formula is C31H40FN5O4S. The molecule has 4 rings (SSSR count). The van der Waals surface area contributed by atoms with Gasteiger partial charge in [-0.3, -0.25) is 19.2 Å². The molecule has 2 heterocycles. The van der Waals surface area contributed by atoms with Gasteiger partial charge < -0.3 is 20.6 Å². The van der Waals surface area contributed by atoms with E-state index in [9.17, 15) is 19.5 Å². The van der Waals surface area contributed by atoms with Gasteiger partial charge >= 0.3 is 11.4 Å². The maximum Gasteiger partial charge on any atom is 0.309 e. The Morgan fingerprint density at radius 2 is 1.86 bits per heavy atom. The summed E-state index contributed by atoms with van der Waals surface area (Å²) in [5.41, 5.74) is 3.21. The van der Waals surface area contributed by atoms with Crippen molar-refractivity contribution in [2.75, 3.05) is 6.54 Å². The molecule has 1 saturated carbocycles. The van der Waals surface area contributed by atoms with Crippen LogP contribution in [0, 0.1) is 24.8 Å². The topological polar surface area (TPSA) is 116 Å². The zero-order chi connectivity index (χ0) is 31.0. The summed E-state index contributed by atoms with van der Waals surface area (Å²) in [6.07, 6.45) is -2.17. The third-order valence-corrected chi connectivity index (χ3v) is 8.95. The maximum absolute atomic E-state index is 15.4. The zero-order valence-electron chi connectivity index (χ0n) is 25.0. The number of aromatic nitrogens is 1. The minimum atomic E-state index is -2.00. The van der Waals surface area contributed by atoms with Crippen molar-refractivity contribution in [2.45, 2.75) is 96.7 Å². The number of nitrogens with zero attached hydrogens (tertiary/aromatic N) is 3. The van der Waals surface area contributed by atoms with Crippen molar-refractivity contribution >= 4 is 29.1 Å². The van der Waals surface area contributed by atoms with E-state index in [-0.39, 0.29) is 12.0 Å². The number of hydrogen-bond acceptors (Lipinski definition) is 6. The Bertz CT molecular complexity index is 1360. The van der Waals surface area contributed by atoms with Crippen LogP contribution in [0.25, 0.3) is 15.3 Å². The third-order valence-electron chi connectivity index (χ3n) is 7.97. The highest BCUT2D eigenvalue weighted by Gasteiger charge is 2.59. The lowest BCUT2D eigenvalue weighted by atomic mass is 9.85. The number of nitrogens with one attached hydrogen (secondary N) is 2. The van der Waals surface area contributed by atoms with Crippen molar-refractivity contribution < 1.29 is 23.9 Å². The molecule has 9 nitrogen and oxygen atoms in total. The van der Waals surface area contributed by atoms with E-state index in [2.05, 4.69) is 20.5 Å². The van der Waals surface area contributed by atoms with E-state index in [4.69, 9.17) is 6.57 Å². The molecule has 11 heteroatoms. The van der Waals surface area contributed by atoms with Gasteiger partial charge in [0.25, 0.3) is 0 Å². The zero-order valence-corrected chi connectivity index (χ0v) is 25.8. The van der Waals surface area contributed by atoms with Crippen LogP contribution < -0.4 is 10.6 Å². The minimum absolute atomic E-state index is 0.195. The second kappa shape index (κ2) is 12.1. The largest absolute Gasteiger partial charge is 0.388 e. The quantitative estimate of drug-likeness (QED) is 0.375. The molecule has 0 unspecified atom stereocenters. The first-order valence-electron chi connectivity index (χ1n) is 14.3. The summed E-state index contributed by atoms with van der Waals surface area (Å²) in [6.45, 7) is 18.5. The van der Waals surface area contributed by atoms with Crippen molar-refractivity contribution in [1.82, 2.24) is 20.5 Å². The van der Waals surface area contributed by atoms with Crippen LogP contribution in [0.1, 0.15) is 71.2 Å². The number of carbonyl (C=O) groups excluding carboxylic acids is 3. The van der Waals surface area contributed by atoms with E-state index < -0.39 is 59.6 Å². The number of thiazole rings is 1. The number of aliphatic hydroxyl groups is 1. The number of alkyl halides is 1. The molecule has 0 spiro atoms. The van der Waals surface area contributed by atoms with Crippen LogP contribution in [0.2, 0.25) is 0 Å². The van der Waals surface area contributed by atoms with Gasteiger partial charge in [0.1, 0.15) is 18.2 Å². The number of likely N-dealkylation sites (tertiary alicyclic amines) is 1. The first-order valence-corrected chi connectivity index (χ1v) is 15.2. The Morgan fingerprint density at radius 1 is 1.21 bits per heavy atom. The Morgan fingerprint density at radius 3 is 2.36 bits per heavy atom. The van der Waals surface area contributed by atoms with Gasteiger partial charge in [-0.25, -0.2) is 15.9 Å². The van der Waals surface area contributed by atoms with Crippen LogP contribution in [0.15, 0.2) is 29.8 Å². The Labute approximate surface area is 250 Å². The third kappa shape index (κ3) is 6.65. The number of β-amino-alcohol motifs (C(OH)–C–C–N with tert-alkyl or cyclic N) is 1. The monoisotopic (exact) mass is 597 g/mol. The van der Waals surface area contributed by atoms with Crippen LogP contribution in [-0.4, -0.2) is 69.2 Å². The molecule has 1 aliphatic heterocycles. The molecule has 1 aromatic heterocycles. The Balaban J connectivity index is 1.57. The summed E-state index contributed by atoms with van der Waals surface area (Å²) in [5, 5.41) is 16.1. The lowest BCUT2D eigenvalue weighted by molar-refractivity contribution is -0.143. The first-order chi connectivity index (χ1) is 19.7. The van der Waals surface area contributed by atoms with E-state index in [1.165, 1.54) is 0 Å². The van der Waals surface area contributed by atoms with E-state index >= 15 is 4.39 Å². The Hall–Kier alpha value is -3.36. The molecule has 42 heavy (non-hydrogen) atoms. The highest BCUT2D eigenvalue weighted by atomic mass is 32.1. The highest BCUT2D eigenvalue weighted by molar-refractivity contribution is 7.13. The summed E-state index contributed by atoms with van der Waals surface area (Å²) in [4.78, 5) is 50.0. The predicted molar refractivity (Wildman–Crippen MR) is 159 cm³/mol. The second-order valence-electron chi connectivity index (χ2n) is 13.0. The van der Waals surface area contributed by atoms with Gasteiger partial charge in [-0.15, -0.1) is 11.3 Å². The molecule has 2 aliphatic rings. The maximum atomic E-state index is 15.4. The van der Waals surface area contributed by atoms with E-state index in [0.717, 1.165) is 26.6 Å². The lowest BCUT2D eigenvalue weighted by Gasteiger charge is -2.33. The molecule has 1 aliphatic carbocycles. The number of aryl methyl sites for hydroxylation is 1. The standard InChI is InChI=1S/C31H40FN5O4S/c1-17(2)24(36-29(41)31(33-7)12-13-31)28(40)37-15-22(38)23(32)25(37)27(39)35-21(14-30(4,5)6)19-8-10-20(11-9-19)26-18(3)34-16-42-26/h8-11,16-17,21-25,38H,12-15H2,1-6H3,(H,35,39)(H,36,41)/t21-,22-,23-,24-,25-/m0/s1. The van der Waals surface area contributed by atoms with Gasteiger partial charge in [-0.05, 0) is 35.8 Å². The number of benzene rings is 1. The van der Waals surface area contributed by atoms with E-state index in [1.54, 1.807) is 30.7 Å². The number of rotatable bonds is 9. The molecule has 0 bridgehead atoms. The van der Waals surface area contributed by atoms with E-state index in [1.807, 2.05) is 52.0 Å². The van der Waals surface area contributed by atoms with Crippen LogP contribution in [0.3, 0.4) is 0 Å². The van der Waals surface area contributed by atoms with Crippen molar-refractivity contribution in [3.05, 3.63) is 52.5 Å². The number of amides is 3. The Kier molecular flexibility index (Phi) is 9.09. The summed E-state index contributed by atoms with van der Waals surface area (Å²) < 4.78 is 15.4. The van der Waals surface area contributed by atoms with Crippen LogP contribution in [-0.2, 0) is 14.4 Å². The van der Waals surface area contributed by atoms with Gasteiger partial charge in [0, 0.05) is 12.8 Å². The molecule has 226 valence electrons. The lowest BCUT2D eigenvalue weighted by Crippen LogP contribution is -2.58. The van der Waals surface area contributed by atoms with Gasteiger partial charge in [0.05, 0.1) is 28.7 Å². The molecule has 5 atom stereocenters. The fraction of sp³-hybridized carbons (Fsp3) is 0.581. The van der Waals surface area contributed by atoms with Crippen molar-refractivity contribution in [1.29, 1.82) is 0 Å². The second-order valence-corrected chi connectivity index (χ2v) is 13.9. The van der Waals surface area contributed by atoms with Gasteiger partial charge in [-0.1, -0.05) is 58.9 Å². The molecule has 2 fully saturated rings. The molecule has 3 amide bonds. The van der Waals surface area contributed by atoms with Crippen LogP contribution in [0.5, 0.6) is 0 Å². The summed E-state index contributed by atoms with van der Waals surface area (Å²) in [7, 11) is 0. The van der Waals surface area contributed by atoms with Crippen molar-refractivity contribution in [2.24, 2.45) is 11.3 Å². The number of carbonyl (C=O) groups is 3. The molecule has 1 aromatic carbocycles. The SMILES string of the molecule is [C-]#[N+]C1(C(=O)N[C@H](C(=O)N2C[C@H](O)[C@H](F)[C@H]2C(=O)N[C@@H](CC(C)(C)C)c2ccc(-c3scnc3C)cc2)C(C)C)CC1. The fourth-order valence-corrected chi connectivity index (χ4v) is 6.17. The normalized spacial score (nSPS) is 22.8. The van der Waals surface area contributed by atoms with Crippen LogP contribution in [0.4, 0.5) is 4.39 Å². The number of halogens is 1. The molecule has 1 saturated heterocycles. The summed E-state index contributed by atoms with van der Waals surface area (Å²) in [5.74, 6) is -2.30. The number of aliphatic hydroxyl groups excluding tert-OH is 1. The van der Waals surface area contributed by atoms with Crippen molar-refractivity contribution in [3.63, 3.8) is 0 Å². The average Bonchev–Trinajstić information content (AvgIpc) is 3.53. The highest BCUT2D eigenvalue weighted by Crippen LogP contribution is 2.40. The average molecular weight is 598 g/mol. The van der Waals surface area contributed by atoms with Gasteiger partial charge in [0.15, 0.2) is 6.17 Å². The smallest absolute Gasteiger partial charge is 0.309 e. The van der Waals surface area contributed by atoms with E-state index in [0.29, 0.717) is 19.3 Å². The predicted octanol–water partition coefficient (Wildman–Crippen LogP) is 4.21. The fourth-order valence-electron chi connectivity index (χ4n) is 5.35. The summed E-state index contributed by atoms with van der Waals surface area (Å²) in [6, 6.07) is 4.68. The molecule has 2 aromatic rings. The van der Waals surface area contributed by atoms with Gasteiger partial charge in [-0.2, -0.15) is 0 Å².